The van der Waals surface area contributed by atoms with Crippen LogP contribution in [-0.2, 0) is 11.2 Å². The Labute approximate surface area is 123 Å². The first-order valence-corrected chi connectivity index (χ1v) is 8.22. The summed E-state index contributed by atoms with van der Waals surface area (Å²) in [7, 11) is 0. The van der Waals surface area contributed by atoms with Gasteiger partial charge in [0, 0.05) is 6.61 Å². The molecule has 0 aromatic heterocycles. The topological polar surface area (TPSA) is 21.3 Å². The summed E-state index contributed by atoms with van der Waals surface area (Å²) in [5, 5.41) is 3.68. The lowest BCUT2D eigenvalue weighted by molar-refractivity contribution is -0.0623. The van der Waals surface area contributed by atoms with Crippen molar-refractivity contribution < 1.29 is 4.74 Å². The highest BCUT2D eigenvalue weighted by Crippen LogP contribution is 2.43. The number of benzene rings is 1. The molecule has 1 unspecified atom stereocenters. The van der Waals surface area contributed by atoms with Crippen LogP contribution in [0.5, 0.6) is 0 Å². The van der Waals surface area contributed by atoms with E-state index in [1.165, 1.54) is 36.8 Å². The maximum Gasteiger partial charge on any atom is 0.0876 e. The Bertz CT molecular complexity index is 392. The van der Waals surface area contributed by atoms with E-state index < -0.39 is 0 Å². The van der Waals surface area contributed by atoms with Gasteiger partial charge >= 0.3 is 0 Å². The van der Waals surface area contributed by atoms with E-state index in [1.807, 2.05) is 0 Å². The lowest BCUT2D eigenvalue weighted by Gasteiger charge is -2.38. The largest absolute Gasteiger partial charge is 0.373 e. The molecule has 1 aliphatic carbocycles. The van der Waals surface area contributed by atoms with Gasteiger partial charge in [0.1, 0.15) is 0 Å². The zero-order chi connectivity index (χ0) is 14.4. The molecular weight excluding hydrogens is 246 g/mol. The van der Waals surface area contributed by atoms with Crippen LogP contribution in [0.15, 0.2) is 24.3 Å². The first-order valence-electron chi connectivity index (χ1n) is 8.22. The van der Waals surface area contributed by atoms with E-state index in [9.17, 15) is 0 Å². The highest BCUT2D eigenvalue weighted by atomic mass is 16.5. The molecule has 0 spiro atoms. The van der Waals surface area contributed by atoms with Crippen LogP contribution in [0.1, 0.15) is 63.6 Å². The van der Waals surface area contributed by atoms with Crippen LogP contribution in [0.4, 0.5) is 0 Å². The quantitative estimate of drug-likeness (QED) is 0.803. The van der Waals surface area contributed by atoms with Gasteiger partial charge in [-0.2, -0.15) is 0 Å². The summed E-state index contributed by atoms with van der Waals surface area (Å²) in [6, 6.07) is 9.40. The zero-order valence-corrected chi connectivity index (χ0v) is 13.2. The third-order valence-electron chi connectivity index (χ3n) is 4.54. The maximum atomic E-state index is 6.25. The van der Waals surface area contributed by atoms with Crippen LogP contribution in [0.2, 0.25) is 0 Å². The molecule has 112 valence electrons. The SMILES string of the molecule is CCNC(c1ccc(CC)cc1)C1(OCC)CCCC1. The van der Waals surface area contributed by atoms with Crippen LogP contribution in [0.3, 0.4) is 0 Å². The third-order valence-corrected chi connectivity index (χ3v) is 4.54. The second-order valence-corrected chi connectivity index (χ2v) is 5.79. The Balaban J connectivity index is 2.27. The minimum Gasteiger partial charge on any atom is -0.373 e. The lowest BCUT2D eigenvalue weighted by Crippen LogP contribution is -2.44. The van der Waals surface area contributed by atoms with Crippen molar-refractivity contribution in [3.05, 3.63) is 35.4 Å². The Morgan fingerprint density at radius 1 is 1.10 bits per heavy atom. The second-order valence-electron chi connectivity index (χ2n) is 5.79. The summed E-state index contributed by atoms with van der Waals surface area (Å²) < 4.78 is 6.25. The standard InChI is InChI=1S/C18H29NO/c1-4-15-9-11-16(12-10-15)17(19-5-2)18(20-6-3)13-7-8-14-18/h9-12,17,19H,4-8,13-14H2,1-3H3. The molecule has 2 nitrogen and oxygen atoms in total. The number of aryl methyl sites for hydroxylation is 1. The minimum atomic E-state index is -0.00150. The molecule has 0 amide bonds. The van der Waals surface area contributed by atoms with Gasteiger partial charge in [-0.25, -0.2) is 0 Å². The predicted molar refractivity (Wildman–Crippen MR) is 85.1 cm³/mol. The fourth-order valence-electron chi connectivity index (χ4n) is 3.53. The van der Waals surface area contributed by atoms with Crippen molar-refractivity contribution in [3.8, 4) is 0 Å². The van der Waals surface area contributed by atoms with E-state index in [1.54, 1.807) is 0 Å². The molecule has 2 heteroatoms. The van der Waals surface area contributed by atoms with Crippen molar-refractivity contribution in [2.24, 2.45) is 0 Å². The van der Waals surface area contributed by atoms with Gasteiger partial charge in [-0.3, -0.25) is 0 Å². The maximum absolute atomic E-state index is 6.25. The molecule has 20 heavy (non-hydrogen) atoms. The molecular formula is C18H29NO. The van der Waals surface area contributed by atoms with Crippen molar-refractivity contribution >= 4 is 0 Å². The van der Waals surface area contributed by atoms with Crippen LogP contribution in [0, 0.1) is 0 Å². The van der Waals surface area contributed by atoms with Crippen LogP contribution < -0.4 is 5.32 Å². The molecule has 1 aromatic rings. The fourth-order valence-corrected chi connectivity index (χ4v) is 3.53. The van der Waals surface area contributed by atoms with E-state index in [0.717, 1.165) is 19.6 Å². The van der Waals surface area contributed by atoms with Crippen molar-refractivity contribution in [1.82, 2.24) is 5.32 Å². The minimum absolute atomic E-state index is 0.00150. The number of ether oxygens (including phenoxy) is 1. The first kappa shape index (κ1) is 15.5. The number of hydrogen-bond donors (Lipinski definition) is 1. The summed E-state index contributed by atoms with van der Waals surface area (Å²) in [4.78, 5) is 0. The predicted octanol–water partition coefficient (Wildman–Crippen LogP) is 4.25. The molecule has 1 aliphatic rings. The van der Waals surface area contributed by atoms with Gasteiger partial charge in [-0.15, -0.1) is 0 Å². The highest BCUT2D eigenvalue weighted by molar-refractivity contribution is 5.27. The van der Waals surface area contributed by atoms with Gasteiger partial charge in [0.2, 0.25) is 0 Å². The lowest BCUT2D eigenvalue weighted by atomic mass is 9.86. The van der Waals surface area contributed by atoms with Crippen molar-refractivity contribution in [2.45, 2.75) is 64.5 Å². The van der Waals surface area contributed by atoms with Crippen molar-refractivity contribution in [3.63, 3.8) is 0 Å². The van der Waals surface area contributed by atoms with Crippen LogP contribution in [-0.4, -0.2) is 18.8 Å². The molecule has 0 bridgehead atoms. The van der Waals surface area contributed by atoms with Gasteiger partial charge < -0.3 is 10.1 Å². The van der Waals surface area contributed by atoms with Gasteiger partial charge in [-0.05, 0) is 43.9 Å². The second kappa shape index (κ2) is 7.24. The molecule has 0 radical (unpaired) electrons. The summed E-state index contributed by atoms with van der Waals surface area (Å²) in [6.07, 6.45) is 6.02. The molecule has 0 heterocycles. The van der Waals surface area contributed by atoms with E-state index in [-0.39, 0.29) is 5.60 Å². The monoisotopic (exact) mass is 275 g/mol. The summed E-state index contributed by atoms with van der Waals surface area (Å²) in [5.74, 6) is 0. The van der Waals surface area contributed by atoms with Gasteiger partial charge in [0.05, 0.1) is 11.6 Å². The van der Waals surface area contributed by atoms with Gasteiger partial charge in [0.15, 0.2) is 0 Å². The number of likely N-dealkylation sites (N-methyl/N-ethyl adjacent to an activating group) is 1. The van der Waals surface area contributed by atoms with Crippen LogP contribution >= 0.6 is 0 Å². The number of rotatable bonds is 7. The molecule has 1 saturated carbocycles. The smallest absolute Gasteiger partial charge is 0.0876 e. The first-order chi connectivity index (χ1) is 9.75. The highest BCUT2D eigenvalue weighted by Gasteiger charge is 2.42. The van der Waals surface area contributed by atoms with E-state index in [4.69, 9.17) is 4.74 Å². The molecule has 1 fully saturated rings. The fraction of sp³-hybridized carbons (Fsp3) is 0.667. The molecule has 1 atom stereocenters. The Morgan fingerprint density at radius 3 is 2.25 bits per heavy atom. The van der Waals surface area contributed by atoms with E-state index >= 15 is 0 Å². The summed E-state index contributed by atoms with van der Waals surface area (Å²) in [5.41, 5.74) is 2.78. The number of hydrogen-bond acceptors (Lipinski definition) is 2. The van der Waals surface area contributed by atoms with Crippen molar-refractivity contribution in [1.29, 1.82) is 0 Å². The Kier molecular flexibility index (Phi) is 5.62. The molecule has 0 saturated heterocycles. The average molecular weight is 275 g/mol. The molecule has 1 aromatic carbocycles. The summed E-state index contributed by atoms with van der Waals surface area (Å²) >= 11 is 0. The Hall–Kier alpha value is -0.860. The van der Waals surface area contributed by atoms with E-state index in [0.29, 0.717) is 6.04 Å². The van der Waals surface area contributed by atoms with Crippen molar-refractivity contribution in [2.75, 3.05) is 13.2 Å². The van der Waals surface area contributed by atoms with Crippen LogP contribution in [0.25, 0.3) is 0 Å². The summed E-state index contributed by atoms with van der Waals surface area (Å²) in [6.45, 7) is 8.28. The van der Waals surface area contributed by atoms with Gasteiger partial charge in [-0.1, -0.05) is 51.0 Å². The molecule has 1 N–H and O–H groups in total. The average Bonchev–Trinajstić information content (AvgIpc) is 2.95. The van der Waals surface area contributed by atoms with Gasteiger partial charge in [0.25, 0.3) is 0 Å². The Morgan fingerprint density at radius 2 is 1.75 bits per heavy atom. The van der Waals surface area contributed by atoms with E-state index in [2.05, 4.69) is 50.4 Å². The normalized spacial score (nSPS) is 19.1. The molecule has 0 aliphatic heterocycles. The third kappa shape index (κ3) is 3.24. The zero-order valence-electron chi connectivity index (χ0n) is 13.2. The molecule has 2 rings (SSSR count). The number of nitrogens with one attached hydrogen (secondary N) is 1.